The highest BCUT2D eigenvalue weighted by atomic mass is 17.2. The van der Waals surface area contributed by atoms with Gasteiger partial charge in [-0.15, -0.1) is 0 Å². The van der Waals surface area contributed by atoms with Gasteiger partial charge in [0.15, 0.2) is 0 Å². The van der Waals surface area contributed by atoms with Gasteiger partial charge in [0.2, 0.25) is 6.29 Å². The smallest absolute Gasteiger partial charge is 0.285 e. The molecular weight excluding hydrogens is 344 g/mol. The Balaban J connectivity index is 0.000000244. The standard InChI is InChI=1S/C14H10O4.C8H7O/c15-13(11-7-3-1-4-8-11)17-18-14(16)12-9-5-2-6-10-12;1-7-3-2-4-8(5-7)6-9/h1-10H;2-5H,1H3. The van der Waals surface area contributed by atoms with E-state index in [4.69, 9.17) is 0 Å². The molecule has 0 fully saturated rings. The summed E-state index contributed by atoms with van der Waals surface area (Å²) in [4.78, 5) is 41.9. The zero-order chi connectivity index (χ0) is 19.5. The average Bonchev–Trinajstić information content (AvgIpc) is 2.73. The third-order valence-corrected chi connectivity index (χ3v) is 3.35. The number of carbonyl (C=O) groups excluding carboxylic acids is 3. The van der Waals surface area contributed by atoms with E-state index >= 15 is 0 Å². The topological polar surface area (TPSA) is 69.7 Å². The molecule has 0 unspecified atom stereocenters. The fraction of sp³-hybridized carbons (Fsp3) is 0.0455. The highest BCUT2D eigenvalue weighted by Gasteiger charge is 2.12. The van der Waals surface area contributed by atoms with Crippen LogP contribution in [0.15, 0.2) is 84.9 Å². The molecule has 0 bridgehead atoms. The molecule has 0 amide bonds. The van der Waals surface area contributed by atoms with Crippen molar-refractivity contribution in [3.8, 4) is 0 Å². The molecule has 0 saturated carbocycles. The fourth-order valence-corrected chi connectivity index (χ4v) is 2.03. The van der Waals surface area contributed by atoms with Gasteiger partial charge in [-0.25, -0.2) is 19.4 Å². The van der Waals surface area contributed by atoms with Gasteiger partial charge in [0.25, 0.3) is 0 Å². The lowest BCUT2D eigenvalue weighted by atomic mass is 10.2. The molecule has 0 aliphatic carbocycles. The van der Waals surface area contributed by atoms with Gasteiger partial charge in [0.05, 0.1) is 11.1 Å². The van der Waals surface area contributed by atoms with E-state index in [0.29, 0.717) is 16.7 Å². The monoisotopic (exact) mass is 361 g/mol. The second-order valence-corrected chi connectivity index (χ2v) is 5.45. The molecule has 5 nitrogen and oxygen atoms in total. The molecule has 0 atom stereocenters. The SMILES string of the molecule is Cc1cccc([C]=O)c1.O=C(OOC(=O)c1ccccc1)c1ccccc1. The summed E-state index contributed by atoms with van der Waals surface area (Å²) in [5.41, 5.74) is 2.35. The van der Waals surface area contributed by atoms with Crippen LogP contribution in [0.4, 0.5) is 0 Å². The molecule has 3 aromatic carbocycles. The lowest BCUT2D eigenvalue weighted by molar-refractivity contribution is -0.187. The molecule has 0 N–H and O–H groups in total. The van der Waals surface area contributed by atoms with Crippen molar-refractivity contribution in [3.63, 3.8) is 0 Å². The van der Waals surface area contributed by atoms with Gasteiger partial charge >= 0.3 is 11.9 Å². The van der Waals surface area contributed by atoms with Crippen LogP contribution < -0.4 is 0 Å². The number of hydrogen-bond acceptors (Lipinski definition) is 5. The largest absolute Gasteiger partial charge is 0.386 e. The van der Waals surface area contributed by atoms with Gasteiger partial charge in [0.1, 0.15) is 0 Å². The maximum Gasteiger partial charge on any atom is 0.386 e. The minimum absolute atomic E-state index is 0.318. The van der Waals surface area contributed by atoms with Crippen LogP contribution in [0.1, 0.15) is 31.8 Å². The average molecular weight is 361 g/mol. The maximum absolute atomic E-state index is 11.5. The Morgan fingerprint density at radius 3 is 1.56 bits per heavy atom. The first-order valence-corrected chi connectivity index (χ1v) is 8.08. The fourth-order valence-electron chi connectivity index (χ4n) is 2.03. The van der Waals surface area contributed by atoms with E-state index in [0.717, 1.165) is 5.56 Å². The Morgan fingerprint density at radius 2 is 1.19 bits per heavy atom. The highest BCUT2D eigenvalue weighted by Crippen LogP contribution is 2.05. The van der Waals surface area contributed by atoms with Crippen LogP contribution in [0.5, 0.6) is 0 Å². The third-order valence-electron chi connectivity index (χ3n) is 3.35. The summed E-state index contributed by atoms with van der Waals surface area (Å²) < 4.78 is 0. The molecule has 3 rings (SSSR count). The van der Waals surface area contributed by atoms with Crippen molar-refractivity contribution < 1.29 is 24.2 Å². The molecule has 0 heterocycles. The van der Waals surface area contributed by atoms with Gasteiger partial charge < -0.3 is 0 Å². The van der Waals surface area contributed by atoms with Crippen LogP contribution in [-0.2, 0) is 14.6 Å². The Labute approximate surface area is 157 Å². The molecule has 0 spiro atoms. The quantitative estimate of drug-likeness (QED) is 0.520. The van der Waals surface area contributed by atoms with Crippen molar-refractivity contribution in [2.24, 2.45) is 0 Å². The zero-order valence-electron chi connectivity index (χ0n) is 14.6. The van der Waals surface area contributed by atoms with Gasteiger partial charge in [0, 0.05) is 5.56 Å². The first-order chi connectivity index (χ1) is 13.1. The summed E-state index contributed by atoms with van der Waals surface area (Å²) in [6.07, 6.45) is 1.82. The van der Waals surface area contributed by atoms with Crippen LogP contribution in [-0.4, -0.2) is 18.2 Å². The Kier molecular flexibility index (Phi) is 7.48. The molecule has 0 aliphatic heterocycles. The number of hydrogen-bond donors (Lipinski definition) is 0. The molecule has 27 heavy (non-hydrogen) atoms. The van der Waals surface area contributed by atoms with Crippen molar-refractivity contribution >= 4 is 18.2 Å². The molecule has 5 heteroatoms. The van der Waals surface area contributed by atoms with E-state index in [2.05, 4.69) is 9.78 Å². The summed E-state index contributed by atoms with van der Waals surface area (Å²) in [5, 5.41) is 0. The second-order valence-electron chi connectivity index (χ2n) is 5.45. The van der Waals surface area contributed by atoms with Gasteiger partial charge in [-0.1, -0.05) is 60.2 Å². The predicted octanol–water partition coefficient (Wildman–Crippen LogP) is 4.07. The number of carbonyl (C=O) groups is 2. The van der Waals surface area contributed by atoms with Crippen molar-refractivity contribution in [2.45, 2.75) is 6.92 Å². The number of rotatable bonds is 3. The molecule has 1 radical (unpaired) electrons. The molecule has 3 aromatic rings. The van der Waals surface area contributed by atoms with Crippen LogP contribution in [0.25, 0.3) is 0 Å². The number of aryl methyl sites for hydroxylation is 1. The Bertz CT molecular complexity index is 837. The van der Waals surface area contributed by atoms with Crippen LogP contribution in [0.2, 0.25) is 0 Å². The highest BCUT2D eigenvalue weighted by molar-refractivity contribution is 5.92. The summed E-state index contributed by atoms with van der Waals surface area (Å²) >= 11 is 0. The van der Waals surface area contributed by atoms with E-state index in [9.17, 15) is 14.4 Å². The molecule has 0 aromatic heterocycles. The lowest BCUT2D eigenvalue weighted by Crippen LogP contribution is -2.11. The van der Waals surface area contributed by atoms with Crippen LogP contribution in [0.3, 0.4) is 0 Å². The van der Waals surface area contributed by atoms with Crippen molar-refractivity contribution in [2.75, 3.05) is 0 Å². The summed E-state index contributed by atoms with van der Waals surface area (Å²) in [6.45, 7) is 1.95. The molecule has 135 valence electrons. The first-order valence-electron chi connectivity index (χ1n) is 8.08. The molecule has 0 saturated heterocycles. The second kappa shape index (κ2) is 10.3. The Hall–Kier alpha value is -3.73. The normalized spacial score (nSPS) is 9.37. The Morgan fingerprint density at radius 1 is 0.704 bits per heavy atom. The van der Waals surface area contributed by atoms with Crippen LogP contribution >= 0.6 is 0 Å². The van der Waals surface area contributed by atoms with Gasteiger partial charge in [-0.3, -0.25) is 4.79 Å². The van der Waals surface area contributed by atoms with E-state index in [1.807, 2.05) is 25.3 Å². The van der Waals surface area contributed by atoms with E-state index in [1.54, 1.807) is 72.8 Å². The summed E-state index contributed by atoms with van der Waals surface area (Å²) in [5.74, 6) is -1.42. The zero-order valence-corrected chi connectivity index (χ0v) is 14.6. The van der Waals surface area contributed by atoms with Crippen molar-refractivity contribution in [3.05, 3.63) is 107 Å². The van der Waals surface area contributed by atoms with Crippen molar-refractivity contribution in [1.29, 1.82) is 0 Å². The molecular formula is C22H17O5. The first kappa shape index (κ1) is 19.6. The lowest BCUT2D eigenvalue weighted by Gasteiger charge is -2.02. The predicted molar refractivity (Wildman–Crippen MR) is 99.7 cm³/mol. The van der Waals surface area contributed by atoms with E-state index < -0.39 is 11.9 Å². The summed E-state index contributed by atoms with van der Waals surface area (Å²) in [7, 11) is 0. The maximum atomic E-state index is 11.5. The van der Waals surface area contributed by atoms with E-state index in [1.165, 1.54) is 0 Å². The minimum atomic E-state index is -0.708. The van der Waals surface area contributed by atoms with Gasteiger partial charge in [-0.05, 0) is 37.3 Å². The summed E-state index contributed by atoms with van der Waals surface area (Å²) in [6, 6.07) is 23.9. The van der Waals surface area contributed by atoms with Gasteiger partial charge in [-0.2, -0.15) is 0 Å². The van der Waals surface area contributed by atoms with Crippen LogP contribution in [0, 0.1) is 6.92 Å². The van der Waals surface area contributed by atoms with E-state index in [-0.39, 0.29) is 0 Å². The minimum Gasteiger partial charge on any atom is -0.285 e. The number of benzene rings is 3. The third kappa shape index (κ3) is 6.59. The van der Waals surface area contributed by atoms with Crippen molar-refractivity contribution in [1.82, 2.24) is 0 Å². The molecule has 0 aliphatic rings.